The van der Waals surface area contributed by atoms with Gasteiger partial charge in [-0.2, -0.15) is 5.26 Å². The average Bonchev–Trinajstić information content (AvgIpc) is 2.95. The van der Waals surface area contributed by atoms with E-state index < -0.39 is 0 Å². The number of urea groups is 1. The first-order valence-electron chi connectivity index (χ1n) is 5.87. The first kappa shape index (κ1) is 10.8. The normalized spacial score (nSPS) is 22.3. The highest BCUT2D eigenvalue weighted by Crippen LogP contribution is 2.31. The van der Waals surface area contributed by atoms with Crippen LogP contribution in [0.3, 0.4) is 0 Å². The molecule has 0 aromatic heterocycles. The highest BCUT2D eigenvalue weighted by Gasteiger charge is 2.47. The molecular formula is C13H11N3O2. The van der Waals surface area contributed by atoms with Crippen molar-refractivity contribution in [1.82, 2.24) is 4.90 Å². The number of carbonyl (C=O) groups excluding carboxylic acids is 2. The topological polar surface area (TPSA) is 64.4 Å². The Morgan fingerprint density at radius 1 is 1.22 bits per heavy atom. The fraction of sp³-hybridized carbons (Fsp3) is 0.308. The summed E-state index contributed by atoms with van der Waals surface area (Å²) < 4.78 is 0. The third-order valence-corrected chi connectivity index (χ3v) is 3.45. The summed E-state index contributed by atoms with van der Waals surface area (Å²) in [5, 5.41) is 8.72. The van der Waals surface area contributed by atoms with Gasteiger partial charge < -0.3 is 4.90 Å². The molecule has 2 aliphatic heterocycles. The van der Waals surface area contributed by atoms with Crippen LogP contribution in [0.4, 0.5) is 10.5 Å². The number of hydrogen-bond donors (Lipinski definition) is 0. The lowest BCUT2D eigenvalue weighted by atomic mass is 10.2. The molecule has 3 amide bonds. The van der Waals surface area contributed by atoms with Crippen LogP contribution in [0.1, 0.15) is 18.4 Å². The standard InChI is InChI=1S/C13H11N3O2/c14-8-9-3-5-10(6-4-9)16-12(17)11-2-1-7-15(11)13(16)18/h3-6,11H,1-2,7H2. The van der Waals surface area contributed by atoms with E-state index in [9.17, 15) is 9.59 Å². The third-order valence-electron chi connectivity index (χ3n) is 3.45. The van der Waals surface area contributed by atoms with Gasteiger partial charge in [0, 0.05) is 6.54 Å². The Morgan fingerprint density at radius 2 is 1.94 bits per heavy atom. The molecule has 2 heterocycles. The number of nitrogens with zero attached hydrogens (tertiary/aromatic N) is 3. The number of imide groups is 1. The van der Waals surface area contributed by atoms with Crippen molar-refractivity contribution in [3.63, 3.8) is 0 Å². The van der Waals surface area contributed by atoms with Gasteiger partial charge in [0.2, 0.25) is 0 Å². The van der Waals surface area contributed by atoms with Crippen molar-refractivity contribution in [3.05, 3.63) is 29.8 Å². The molecule has 2 saturated heterocycles. The second-order valence-corrected chi connectivity index (χ2v) is 4.47. The van der Waals surface area contributed by atoms with Gasteiger partial charge in [0.05, 0.1) is 17.3 Å². The van der Waals surface area contributed by atoms with Crippen LogP contribution in [0.25, 0.3) is 0 Å². The molecule has 0 spiro atoms. The molecule has 1 aromatic carbocycles. The van der Waals surface area contributed by atoms with Gasteiger partial charge in [-0.25, -0.2) is 9.69 Å². The molecule has 5 nitrogen and oxygen atoms in total. The summed E-state index contributed by atoms with van der Waals surface area (Å²) >= 11 is 0. The molecule has 5 heteroatoms. The minimum absolute atomic E-state index is 0.151. The average molecular weight is 241 g/mol. The SMILES string of the molecule is N#Cc1ccc(N2C(=O)C3CCCN3C2=O)cc1. The van der Waals surface area contributed by atoms with E-state index in [-0.39, 0.29) is 18.0 Å². The first-order valence-corrected chi connectivity index (χ1v) is 5.87. The lowest BCUT2D eigenvalue weighted by molar-refractivity contribution is -0.119. The summed E-state index contributed by atoms with van der Waals surface area (Å²) in [6, 6.07) is 7.97. The first-order chi connectivity index (χ1) is 8.72. The number of rotatable bonds is 1. The van der Waals surface area contributed by atoms with Crippen molar-refractivity contribution in [2.45, 2.75) is 18.9 Å². The van der Waals surface area contributed by atoms with E-state index in [2.05, 4.69) is 0 Å². The number of hydrogen-bond acceptors (Lipinski definition) is 3. The maximum atomic E-state index is 12.2. The van der Waals surface area contributed by atoms with Crippen molar-refractivity contribution in [2.24, 2.45) is 0 Å². The van der Waals surface area contributed by atoms with Gasteiger partial charge in [-0.1, -0.05) is 0 Å². The molecule has 1 unspecified atom stereocenters. The smallest absolute Gasteiger partial charge is 0.312 e. The Bertz CT molecular complexity index is 537. The molecule has 2 fully saturated rings. The number of benzene rings is 1. The highest BCUT2D eigenvalue weighted by molar-refractivity contribution is 6.21. The van der Waals surface area contributed by atoms with Crippen molar-refractivity contribution in [3.8, 4) is 6.07 Å². The Hall–Kier alpha value is -2.35. The summed E-state index contributed by atoms with van der Waals surface area (Å²) in [5.41, 5.74) is 1.05. The lowest BCUT2D eigenvalue weighted by Crippen LogP contribution is -2.32. The van der Waals surface area contributed by atoms with Crippen LogP contribution in [-0.2, 0) is 4.79 Å². The Labute approximate surface area is 104 Å². The minimum Gasteiger partial charge on any atom is -0.312 e. The molecule has 0 bridgehead atoms. The molecule has 0 N–H and O–H groups in total. The van der Waals surface area contributed by atoms with Gasteiger partial charge in [-0.3, -0.25) is 4.79 Å². The van der Waals surface area contributed by atoms with Gasteiger partial charge in [-0.15, -0.1) is 0 Å². The van der Waals surface area contributed by atoms with Gasteiger partial charge in [-0.05, 0) is 37.1 Å². The summed E-state index contributed by atoms with van der Waals surface area (Å²) in [6.45, 7) is 0.655. The third kappa shape index (κ3) is 1.39. The predicted molar refractivity (Wildman–Crippen MR) is 63.8 cm³/mol. The van der Waals surface area contributed by atoms with Gasteiger partial charge in [0.1, 0.15) is 6.04 Å². The van der Waals surface area contributed by atoms with Crippen LogP contribution in [0.15, 0.2) is 24.3 Å². The van der Waals surface area contributed by atoms with Gasteiger partial charge in [0.15, 0.2) is 0 Å². The largest absolute Gasteiger partial charge is 0.332 e. The van der Waals surface area contributed by atoms with E-state index in [4.69, 9.17) is 5.26 Å². The van der Waals surface area contributed by atoms with E-state index in [0.717, 1.165) is 12.8 Å². The van der Waals surface area contributed by atoms with Crippen molar-refractivity contribution < 1.29 is 9.59 Å². The highest BCUT2D eigenvalue weighted by atomic mass is 16.2. The number of nitriles is 1. The fourth-order valence-electron chi connectivity index (χ4n) is 2.55. The van der Waals surface area contributed by atoms with Crippen LogP contribution in [0, 0.1) is 11.3 Å². The number of carbonyl (C=O) groups is 2. The molecule has 0 saturated carbocycles. The zero-order chi connectivity index (χ0) is 12.7. The van der Waals surface area contributed by atoms with Gasteiger partial charge in [0.25, 0.3) is 5.91 Å². The number of fused-ring (bicyclic) bond motifs is 1. The lowest BCUT2D eigenvalue weighted by Gasteiger charge is -2.15. The fourth-order valence-corrected chi connectivity index (χ4v) is 2.55. The molecule has 0 aliphatic carbocycles. The molecule has 1 aromatic rings. The van der Waals surface area contributed by atoms with Crippen LogP contribution in [0.5, 0.6) is 0 Å². The maximum Gasteiger partial charge on any atom is 0.332 e. The van der Waals surface area contributed by atoms with Crippen LogP contribution in [-0.4, -0.2) is 29.4 Å². The Morgan fingerprint density at radius 3 is 2.56 bits per heavy atom. The van der Waals surface area contributed by atoms with E-state index in [0.29, 0.717) is 17.8 Å². The second-order valence-electron chi connectivity index (χ2n) is 4.47. The molecule has 2 aliphatic rings. The summed E-state index contributed by atoms with van der Waals surface area (Å²) in [5.74, 6) is -0.151. The van der Waals surface area contributed by atoms with Crippen LogP contribution < -0.4 is 4.90 Å². The second kappa shape index (κ2) is 3.84. The van der Waals surface area contributed by atoms with E-state index >= 15 is 0 Å². The number of amides is 3. The quantitative estimate of drug-likeness (QED) is 0.700. The molecule has 3 rings (SSSR count). The molecule has 18 heavy (non-hydrogen) atoms. The zero-order valence-electron chi connectivity index (χ0n) is 9.67. The Kier molecular flexibility index (Phi) is 2.30. The van der Waals surface area contributed by atoms with Crippen molar-refractivity contribution in [1.29, 1.82) is 5.26 Å². The summed E-state index contributed by atoms with van der Waals surface area (Å²) in [7, 11) is 0. The van der Waals surface area contributed by atoms with E-state index in [1.54, 1.807) is 29.2 Å². The summed E-state index contributed by atoms with van der Waals surface area (Å²) in [6.07, 6.45) is 1.64. The molecule has 1 atom stereocenters. The van der Waals surface area contributed by atoms with Crippen LogP contribution >= 0.6 is 0 Å². The molecular weight excluding hydrogens is 230 g/mol. The molecule has 0 radical (unpaired) electrons. The monoisotopic (exact) mass is 241 g/mol. The van der Waals surface area contributed by atoms with Crippen LogP contribution in [0.2, 0.25) is 0 Å². The number of anilines is 1. The van der Waals surface area contributed by atoms with E-state index in [1.807, 2.05) is 6.07 Å². The zero-order valence-corrected chi connectivity index (χ0v) is 9.67. The minimum atomic E-state index is -0.284. The predicted octanol–water partition coefficient (Wildman–Crippen LogP) is 1.49. The Balaban J connectivity index is 1.95. The molecule has 90 valence electrons. The van der Waals surface area contributed by atoms with Crippen molar-refractivity contribution >= 4 is 17.6 Å². The van der Waals surface area contributed by atoms with E-state index in [1.165, 1.54) is 4.90 Å². The van der Waals surface area contributed by atoms with Crippen molar-refractivity contribution in [2.75, 3.05) is 11.4 Å². The summed E-state index contributed by atoms with van der Waals surface area (Å²) in [4.78, 5) is 27.1. The van der Waals surface area contributed by atoms with Gasteiger partial charge >= 0.3 is 6.03 Å². The maximum absolute atomic E-state index is 12.2.